The highest BCUT2D eigenvalue weighted by molar-refractivity contribution is 5.76. The van der Waals surface area contributed by atoms with Gasteiger partial charge < -0.3 is 5.32 Å². The van der Waals surface area contributed by atoms with Crippen LogP contribution in [0.25, 0.3) is 0 Å². The van der Waals surface area contributed by atoms with E-state index in [1.54, 1.807) is 7.05 Å². The molecule has 1 N–H and O–H groups in total. The van der Waals surface area contributed by atoms with Gasteiger partial charge in [0.25, 0.3) is 5.91 Å². The lowest BCUT2D eigenvalue weighted by Gasteiger charge is -2.14. The number of rotatable bonds is 4. The molecule has 4 heteroatoms. The molecule has 0 aliphatic rings. The molecule has 0 atom stereocenters. The molecule has 0 radical (unpaired) electrons. The van der Waals surface area contributed by atoms with Gasteiger partial charge >= 0.3 is 0 Å². The quantitative estimate of drug-likeness (QED) is 0.589. The minimum atomic E-state index is -0.0683. The fraction of sp³-hybridized carbons (Fsp3) is 0.857. The number of hydrogen-bond donors (Lipinski definition) is 1. The predicted octanol–water partition coefficient (Wildman–Crippen LogP) is 0.00420. The van der Waals surface area contributed by atoms with Crippen LogP contribution in [-0.2, 0) is 9.63 Å². The van der Waals surface area contributed by atoms with Crippen LogP contribution >= 0.6 is 0 Å². The fourth-order valence-electron chi connectivity index (χ4n) is 0.505. The third-order valence-electron chi connectivity index (χ3n) is 1.29. The molecule has 0 rings (SSSR count). The summed E-state index contributed by atoms with van der Waals surface area (Å²) in [6, 6.07) is 0.323. The number of likely N-dealkylation sites (N-methyl/N-ethyl adjacent to an activating group) is 1. The number of carbonyl (C=O) groups is 1. The second kappa shape index (κ2) is 5.09. The van der Waals surface area contributed by atoms with Crippen LogP contribution in [0.4, 0.5) is 0 Å². The molecule has 0 saturated carbocycles. The molecule has 0 fully saturated rings. The van der Waals surface area contributed by atoms with Gasteiger partial charge in [-0.1, -0.05) is 13.8 Å². The maximum atomic E-state index is 11.0. The molecule has 0 aliphatic carbocycles. The van der Waals surface area contributed by atoms with Gasteiger partial charge in [-0.25, -0.2) is 5.06 Å². The number of carbonyl (C=O) groups excluding carboxylic acids is 1. The number of amides is 1. The summed E-state index contributed by atoms with van der Waals surface area (Å²) in [4.78, 5) is 15.7. The molecule has 4 nitrogen and oxygen atoms in total. The molecule has 1 amide bonds. The molecule has 0 aromatic carbocycles. The topological polar surface area (TPSA) is 41.6 Å². The Bertz CT molecular complexity index is 126. The highest BCUT2D eigenvalue weighted by Crippen LogP contribution is 1.83. The van der Waals surface area contributed by atoms with E-state index in [4.69, 9.17) is 0 Å². The summed E-state index contributed by atoms with van der Waals surface area (Å²) < 4.78 is 0. The van der Waals surface area contributed by atoms with Gasteiger partial charge in [0.1, 0.15) is 0 Å². The summed E-state index contributed by atoms with van der Waals surface area (Å²) in [6.07, 6.45) is 0. The van der Waals surface area contributed by atoms with Crippen LogP contribution in [0.1, 0.15) is 13.8 Å². The van der Waals surface area contributed by atoms with Crippen molar-refractivity contribution < 1.29 is 9.63 Å². The Morgan fingerprint density at radius 1 is 1.64 bits per heavy atom. The normalized spacial score (nSPS) is 10.3. The Labute approximate surface area is 67.5 Å². The SMILES string of the molecule is CON(C)C(=O)CNC(C)C. The van der Waals surface area contributed by atoms with Crippen LogP contribution in [0, 0.1) is 0 Å². The molecule has 0 heterocycles. The van der Waals surface area contributed by atoms with Crippen molar-refractivity contribution in [2.45, 2.75) is 19.9 Å². The van der Waals surface area contributed by atoms with Gasteiger partial charge in [-0.15, -0.1) is 0 Å². The van der Waals surface area contributed by atoms with Crippen molar-refractivity contribution in [2.24, 2.45) is 0 Å². The van der Waals surface area contributed by atoms with Gasteiger partial charge in [0.05, 0.1) is 13.7 Å². The lowest BCUT2D eigenvalue weighted by molar-refractivity contribution is -0.167. The average molecular weight is 160 g/mol. The molecular weight excluding hydrogens is 144 g/mol. The molecule has 0 bridgehead atoms. The minimum Gasteiger partial charge on any atom is -0.306 e. The molecule has 0 saturated heterocycles. The summed E-state index contributed by atoms with van der Waals surface area (Å²) in [6.45, 7) is 4.29. The number of nitrogens with zero attached hydrogens (tertiary/aromatic N) is 1. The van der Waals surface area contributed by atoms with Crippen LogP contribution in [0.3, 0.4) is 0 Å². The van der Waals surface area contributed by atoms with Crippen molar-refractivity contribution in [3.05, 3.63) is 0 Å². The van der Waals surface area contributed by atoms with Crippen molar-refractivity contribution in [1.29, 1.82) is 0 Å². The van der Waals surface area contributed by atoms with Crippen LogP contribution < -0.4 is 5.32 Å². The lowest BCUT2D eigenvalue weighted by Crippen LogP contribution is -2.37. The number of nitrogens with one attached hydrogen (secondary N) is 1. The summed E-state index contributed by atoms with van der Waals surface area (Å²) in [5.74, 6) is -0.0683. The zero-order valence-electron chi connectivity index (χ0n) is 7.55. The van der Waals surface area contributed by atoms with E-state index in [1.165, 1.54) is 12.2 Å². The first-order valence-electron chi connectivity index (χ1n) is 3.62. The van der Waals surface area contributed by atoms with E-state index in [9.17, 15) is 4.79 Å². The lowest BCUT2D eigenvalue weighted by atomic mass is 10.4. The molecule has 0 spiro atoms. The van der Waals surface area contributed by atoms with E-state index in [1.807, 2.05) is 13.8 Å². The second-order valence-electron chi connectivity index (χ2n) is 2.61. The third kappa shape index (κ3) is 4.75. The molecule has 0 aliphatic heterocycles. The van der Waals surface area contributed by atoms with Crippen molar-refractivity contribution in [3.63, 3.8) is 0 Å². The van der Waals surface area contributed by atoms with E-state index in [0.717, 1.165) is 0 Å². The van der Waals surface area contributed by atoms with E-state index in [0.29, 0.717) is 12.6 Å². The summed E-state index contributed by atoms with van der Waals surface area (Å²) >= 11 is 0. The average Bonchev–Trinajstić information content (AvgIpc) is 1.98. The zero-order chi connectivity index (χ0) is 8.85. The largest absolute Gasteiger partial charge is 0.306 e. The van der Waals surface area contributed by atoms with Crippen LogP contribution in [-0.4, -0.2) is 37.7 Å². The van der Waals surface area contributed by atoms with E-state index in [-0.39, 0.29) is 5.91 Å². The maximum absolute atomic E-state index is 11.0. The van der Waals surface area contributed by atoms with E-state index in [2.05, 4.69) is 10.2 Å². The standard InChI is InChI=1S/C7H16N2O2/c1-6(2)8-5-7(10)9(3)11-4/h6,8H,5H2,1-4H3. The summed E-state index contributed by atoms with van der Waals surface area (Å²) in [7, 11) is 3.05. The first kappa shape index (κ1) is 10.4. The van der Waals surface area contributed by atoms with Gasteiger partial charge in [0.15, 0.2) is 0 Å². The van der Waals surface area contributed by atoms with Crippen molar-refractivity contribution in [2.75, 3.05) is 20.7 Å². The monoisotopic (exact) mass is 160 g/mol. The fourth-order valence-corrected chi connectivity index (χ4v) is 0.505. The molecule has 0 unspecified atom stereocenters. The zero-order valence-corrected chi connectivity index (χ0v) is 7.55. The molecular formula is C7H16N2O2. The highest BCUT2D eigenvalue weighted by atomic mass is 16.7. The Balaban J connectivity index is 3.52. The molecule has 0 aromatic heterocycles. The van der Waals surface area contributed by atoms with Crippen molar-refractivity contribution >= 4 is 5.91 Å². The maximum Gasteiger partial charge on any atom is 0.259 e. The Hall–Kier alpha value is -0.610. The smallest absolute Gasteiger partial charge is 0.259 e. The van der Waals surface area contributed by atoms with E-state index < -0.39 is 0 Å². The second-order valence-corrected chi connectivity index (χ2v) is 2.61. The number of hydrogen-bond acceptors (Lipinski definition) is 3. The Kier molecular flexibility index (Phi) is 4.81. The molecule has 11 heavy (non-hydrogen) atoms. The van der Waals surface area contributed by atoms with Gasteiger partial charge in [0.2, 0.25) is 0 Å². The van der Waals surface area contributed by atoms with Crippen LogP contribution in [0.15, 0.2) is 0 Å². The van der Waals surface area contributed by atoms with Crippen molar-refractivity contribution in [3.8, 4) is 0 Å². The molecule has 66 valence electrons. The van der Waals surface area contributed by atoms with Gasteiger partial charge in [-0.2, -0.15) is 0 Å². The van der Waals surface area contributed by atoms with Crippen LogP contribution in [0.5, 0.6) is 0 Å². The Morgan fingerprint density at radius 2 is 2.18 bits per heavy atom. The summed E-state index contributed by atoms with van der Waals surface area (Å²) in [5.41, 5.74) is 0. The minimum absolute atomic E-state index is 0.0683. The first-order chi connectivity index (χ1) is 5.07. The van der Waals surface area contributed by atoms with Gasteiger partial charge in [-0.05, 0) is 0 Å². The van der Waals surface area contributed by atoms with Crippen molar-refractivity contribution in [1.82, 2.24) is 10.4 Å². The van der Waals surface area contributed by atoms with Gasteiger partial charge in [-0.3, -0.25) is 9.63 Å². The summed E-state index contributed by atoms with van der Waals surface area (Å²) in [5, 5.41) is 4.19. The third-order valence-corrected chi connectivity index (χ3v) is 1.29. The van der Waals surface area contributed by atoms with Gasteiger partial charge in [0, 0.05) is 13.1 Å². The highest BCUT2D eigenvalue weighted by Gasteiger charge is 2.06. The molecule has 0 aromatic rings. The predicted molar refractivity (Wildman–Crippen MR) is 42.9 cm³/mol. The van der Waals surface area contributed by atoms with E-state index >= 15 is 0 Å². The number of hydroxylamine groups is 2. The Morgan fingerprint density at radius 3 is 2.55 bits per heavy atom. The first-order valence-corrected chi connectivity index (χ1v) is 3.62. The van der Waals surface area contributed by atoms with Crippen LogP contribution in [0.2, 0.25) is 0 Å².